The van der Waals surface area contributed by atoms with Crippen LogP contribution < -0.4 is 5.32 Å². The quantitative estimate of drug-likeness (QED) is 0.723. The Hall–Kier alpha value is -3.22. The van der Waals surface area contributed by atoms with Gasteiger partial charge in [0.2, 0.25) is 0 Å². The van der Waals surface area contributed by atoms with E-state index in [1.165, 1.54) is 24.3 Å². The van der Waals surface area contributed by atoms with Crippen molar-refractivity contribution in [3.8, 4) is 0 Å². The molecule has 2 aliphatic rings. The Labute approximate surface area is 166 Å². The first-order chi connectivity index (χ1) is 14.1. The van der Waals surface area contributed by atoms with Crippen LogP contribution in [0.4, 0.5) is 4.39 Å². The lowest BCUT2D eigenvalue weighted by Crippen LogP contribution is -2.32. The summed E-state index contributed by atoms with van der Waals surface area (Å²) in [5.74, 6) is 1.21. The fraction of sp³-hybridized carbons (Fsp3) is 0.318. The summed E-state index contributed by atoms with van der Waals surface area (Å²) >= 11 is 0. The molecule has 29 heavy (non-hydrogen) atoms. The number of carbonyl (C=O) groups is 2. The van der Waals surface area contributed by atoms with Crippen LogP contribution in [0.15, 0.2) is 53.2 Å². The van der Waals surface area contributed by atoms with Crippen LogP contribution in [0.1, 0.15) is 27.3 Å². The van der Waals surface area contributed by atoms with Gasteiger partial charge in [-0.15, -0.1) is 0 Å². The molecule has 0 spiro atoms. The molecule has 2 aromatic heterocycles. The van der Waals surface area contributed by atoms with Crippen molar-refractivity contribution in [3.05, 3.63) is 65.9 Å². The number of fused-ring (bicyclic) bond motifs is 2. The van der Waals surface area contributed by atoms with Crippen LogP contribution in [0.2, 0.25) is 0 Å². The van der Waals surface area contributed by atoms with E-state index >= 15 is 0 Å². The van der Waals surface area contributed by atoms with E-state index in [0.717, 1.165) is 24.9 Å². The Morgan fingerprint density at radius 3 is 2.66 bits per heavy atom. The number of pyridine rings is 1. The lowest BCUT2D eigenvalue weighted by Gasteiger charge is -2.20. The first kappa shape index (κ1) is 17.8. The molecule has 1 N–H and O–H groups in total. The van der Waals surface area contributed by atoms with Gasteiger partial charge in [0.15, 0.2) is 11.3 Å². The monoisotopic (exact) mass is 393 g/mol. The molecule has 148 valence electrons. The van der Waals surface area contributed by atoms with Crippen molar-refractivity contribution in [1.29, 1.82) is 0 Å². The maximum Gasteiger partial charge on any atom is 0.287 e. The summed E-state index contributed by atoms with van der Waals surface area (Å²) in [5, 5.41) is 3.77. The highest BCUT2D eigenvalue weighted by atomic mass is 19.1. The number of aromatic nitrogens is 1. The predicted molar refractivity (Wildman–Crippen MR) is 104 cm³/mol. The highest BCUT2D eigenvalue weighted by molar-refractivity contribution is 5.96. The molecule has 1 aromatic carbocycles. The summed E-state index contributed by atoms with van der Waals surface area (Å²) in [7, 11) is 0. The minimum Gasteiger partial charge on any atom is -0.449 e. The van der Waals surface area contributed by atoms with Crippen LogP contribution in [0.25, 0.3) is 11.0 Å². The van der Waals surface area contributed by atoms with E-state index in [2.05, 4.69) is 10.3 Å². The van der Waals surface area contributed by atoms with Gasteiger partial charge >= 0.3 is 0 Å². The molecule has 1 saturated heterocycles. The standard InChI is InChI=1S/C22H20FN3O3/c23-15-3-1-13(2-4-15)22(28)26-11-17-16(18(17)12-26)6-8-25-21(27)19-9-14-5-7-24-10-20(14)29-19/h1-5,7,9-10,16-18H,6,8,11-12H2,(H,25,27)/t16?,17-,18+. The SMILES string of the molecule is O=C(NCCC1[C@H]2CN(C(=O)c3ccc(F)cc3)C[C@@H]12)c1cc2ccncc2o1. The Morgan fingerprint density at radius 1 is 1.17 bits per heavy atom. The van der Waals surface area contributed by atoms with E-state index in [1.807, 2.05) is 4.90 Å². The molecule has 1 unspecified atom stereocenters. The Kier molecular flexibility index (Phi) is 4.30. The Morgan fingerprint density at radius 2 is 1.93 bits per heavy atom. The highest BCUT2D eigenvalue weighted by Gasteiger charge is 2.55. The van der Waals surface area contributed by atoms with Crippen LogP contribution >= 0.6 is 0 Å². The second-order valence-corrected chi connectivity index (χ2v) is 7.78. The zero-order chi connectivity index (χ0) is 20.0. The van der Waals surface area contributed by atoms with E-state index in [4.69, 9.17) is 4.42 Å². The van der Waals surface area contributed by atoms with Gasteiger partial charge in [0, 0.05) is 36.8 Å². The van der Waals surface area contributed by atoms with E-state index < -0.39 is 0 Å². The zero-order valence-electron chi connectivity index (χ0n) is 15.7. The maximum atomic E-state index is 13.0. The van der Waals surface area contributed by atoms with Crippen LogP contribution in [-0.4, -0.2) is 41.3 Å². The summed E-state index contributed by atoms with van der Waals surface area (Å²) in [6, 6.07) is 9.21. The van der Waals surface area contributed by atoms with Crippen LogP contribution in [-0.2, 0) is 0 Å². The summed E-state index contributed by atoms with van der Waals surface area (Å²) < 4.78 is 18.5. The topological polar surface area (TPSA) is 75.4 Å². The van der Waals surface area contributed by atoms with Gasteiger partial charge in [-0.05, 0) is 60.6 Å². The second-order valence-electron chi connectivity index (χ2n) is 7.78. The number of halogens is 1. The first-order valence-electron chi connectivity index (χ1n) is 9.77. The molecule has 5 rings (SSSR count). The lowest BCUT2D eigenvalue weighted by molar-refractivity contribution is 0.0767. The molecular weight excluding hydrogens is 373 g/mol. The van der Waals surface area contributed by atoms with Gasteiger partial charge in [-0.25, -0.2) is 4.39 Å². The average Bonchev–Trinajstić information content (AvgIpc) is 3.10. The molecule has 2 amide bonds. The second kappa shape index (κ2) is 6.99. The smallest absolute Gasteiger partial charge is 0.287 e. The van der Waals surface area contributed by atoms with Crippen molar-refractivity contribution in [3.63, 3.8) is 0 Å². The first-order valence-corrected chi connectivity index (χ1v) is 9.77. The number of hydrogen-bond acceptors (Lipinski definition) is 4. The third kappa shape index (κ3) is 3.37. The van der Waals surface area contributed by atoms with Gasteiger partial charge in [0.05, 0.1) is 6.20 Å². The van der Waals surface area contributed by atoms with E-state index in [1.54, 1.807) is 24.5 Å². The van der Waals surface area contributed by atoms with Crippen LogP contribution in [0, 0.1) is 23.6 Å². The van der Waals surface area contributed by atoms with Crippen molar-refractivity contribution in [1.82, 2.24) is 15.2 Å². The van der Waals surface area contributed by atoms with Crippen LogP contribution in [0.3, 0.4) is 0 Å². The summed E-state index contributed by atoms with van der Waals surface area (Å²) in [5.41, 5.74) is 1.12. The van der Waals surface area contributed by atoms with E-state index in [0.29, 0.717) is 41.2 Å². The molecule has 7 heteroatoms. The number of carbonyl (C=O) groups excluding carboxylic acids is 2. The van der Waals surface area contributed by atoms with Crippen LogP contribution in [0.5, 0.6) is 0 Å². The molecular formula is C22H20FN3O3. The van der Waals surface area contributed by atoms with E-state index in [-0.39, 0.29) is 17.6 Å². The van der Waals surface area contributed by atoms with Gasteiger partial charge in [-0.1, -0.05) is 0 Å². The molecule has 1 saturated carbocycles. The predicted octanol–water partition coefficient (Wildman–Crippen LogP) is 3.11. The molecule has 1 aliphatic carbocycles. The third-order valence-electron chi connectivity index (χ3n) is 6.06. The Bertz CT molecular complexity index is 1030. The van der Waals surface area contributed by atoms with Crippen molar-refractivity contribution >= 4 is 22.8 Å². The molecule has 0 radical (unpaired) electrons. The number of nitrogens with zero attached hydrogens (tertiary/aromatic N) is 2. The van der Waals surface area contributed by atoms with Gasteiger partial charge < -0.3 is 14.6 Å². The van der Waals surface area contributed by atoms with Gasteiger partial charge in [0.25, 0.3) is 11.8 Å². The molecule has 3 heterocycles. The van der Waals surface area contributed by atoms with Gasteiger partial charge in [0.1, 0.15) is 5.82 Å². The number of hydrogen-bond donors (Lipinski definition) is 1. The number of nitrogens with one attached hydrogen (secondary N) is 1. The normalized spacial score (nSPS) is 22.5. The molecule has 6 nitrogen and oxygen atoms in total. The van der Waals surface area contributed by atoms with Crippen molar-refractivity contribution in [2.45, 2.75) is 6.42 Å². The highest BCUT2D eigenvalue weighted by Crippen LogP contribution is 2.53. The summed E-state index contributed by atoms with van der Waals surface area (Å²) in [6.07, 6.45) is 4.15. The molecule has 2 fully saturated rings. The summed E-state index contributed by atoms with van der Waals surface area (Å²) in [4.78, 5) is 30.6. The number of rotatable bonds is 5. The third-order valence-corrected chi connectivity index (χ3v) is 6.06. The fourth-order valence-electron chi connectivity index (χ4n) is 4.45. The molecule has 3 aromatic rings. The van der Waals surface area contributed by atoms with Crippen molar-refractivity contribution in [2.24, 2.45) is 17.8 Å². The minimum absolute atomic E-state index is 0.0383. The van der Waals surface area contributed by atoms with Gasteiger partial charge in [-0.3, -0.25) is 14.6 Å². The minimum atomic E-state index is -0.341. The van der Waals surface area contributed by atoms with Gasteiger partial charge in [-0.2, -0.15) is 0 Å². The number of likely N-dealkylation sites (tertiary alicyclic amines) is 1. The molecule has 3 atom stereocenters. The molecule has 1 aliphatic heterocycles. The maximum absolute atomic E-state index is 13.0. The number of piperidine rings is 1. The number of amides is 2. The van der Waals surface area contributed by atoms with Crippen molar-refractivity contribution in [2.75, 3.05) is 19.6 Å². The zero-order valence-corrected chi connectivity index (χ0v) is 15.7. The van der Waals surface area contributed by atoms with Crippen molar-refractivity contribution < 1.29 is 18.4 Å². The largest absolute Gasteiger partial charge is 0.449 e. The average molecular weight is 393 g/mol. The summed E-state index contributed by atoms with van der Waals surface area (Å²) in [6.45, 7) is 2.05. The van der Waals surface area contributed by atoms with E-state index in [9.17, 15) is 14.0 Å². The Balaban J connectivity index is 1.09. The number of furan rings is 1. The lowest BCUT2D eigenvalue weighted by atomic mass is 10.1. The fourth-order valence-corrected chi connectivity index (χ4v) is 4.45. The molecule has 0 bridgehead atoms. The number of benzene rings is 1.